The number of likely N-dealkylation sites (tertiary alicyclic amines) is 1. The van der Waals surface area contributed by atoms with Crippen molar-refractivity contribution in [1.29, 1.82) is 0 Å². The van der Waals surface area contributed by atoms with Gasteiger partial charge in [0.25, 0.3) is 0 Å². The highest BCUT2D eigenvalue weighted by Crippen LogP contribution is 2.22. The summed E-state index contributed by atoms with van der Waals surface area (Å²) in [6.07, 6.45) is 0.342. The van der Waals surface area contributed by atoms with Crippen molar-refractivity contribution in [3.63, 3.8) is 0 Å². The summed E-state index contributed by atoms with van der Waals surface area (Å²) in [5, 5.41) is 2.65. The van der Waals surface area contributed by atoms with Crippen molar-refractivity contribution in [3.8, 4) is 0 Å². The van der Waals surface area contributed by atoms with E-state index in [0.29, 0.717) is 19.4 Å². The van der Waals surface area contributed by atoms with Crippen molar-refractivity contribution in [2.24, 2.45) is 0 Å². The second kappa shape index (κ2) is 5.54. The fraction of sp³-hybridized carbons (Fsp3) is 0.786. The zero-order valence-electron chi connectivity index (χ0n) is 12.8. The van der Waals surface area contributed by atoms with Crippen LogP contribution in [0.15, 0.2) is 0 Å². The molecule has 2 aliphatic rings. The van der Waals surface area contributed by atoms with Crippen molar-refractivity contribution >= 4 is 18.0 Å². The molecular weight excluding hydrogens is 276 g/mol. The Bertz CT molecular complexity index is 457. The van der Waals surface area contributed by atoms with Gasteiger partial charge in [-0.15, -0.1) is 0 Å². The highest BCUT2D eigenvalue weighted by atomic mass is 16.6. The number of cyclic esters (lactones) is 1. The van der Waals surface area contributed by atoms with E-state index in [0.717, 1.165) is 0 Å². The first-order chi connectivity index (χ1) is 9.67. The minimum absolute atomic E-state index is 0.189. The maximum atomic E-state index is 12.1. The van der Waals surface area contributed by atoms with Crippen LogP contribution in [0.2, 0.25) is 0 Å². The number of ether oxygens (including phenoxy) is 2. The average molecular weight is 298 g/mol. The van der Waals surface area contributed by atoms with Crippen LogP contribution in [0.5, 0.6) is 0 Å². The van der Waals surface area contributed by atoms with Gasteiger partial charge in [0.15, 0.2) is 0 Å². The zero-order chi connectivity index (χ0) is 15.8. The van der Waals surface area contributed by atoms with Crippen molar-refractivity contribution in [2.75, 3.05) is 6.54 Å². The van der Waals surface area contributed by atoms with Gasteiger partial charge in [-0.2, -0.15) is 0 Å². The first-order valence-corrected chi connectivity index (χ1v) is 7.18. The maximum Gasteiger partial charge on any atom is 0.410 e. The third kappa shape index (κ3) is 3.65. The lowest BCUT2D eigenvalue weighted by atomic mass is 10.0. The Morgan fingerprint density at radius 3 is 2.48 bits per heavy atom. The topological polar surface area (TPSA) is 84.9 Å². The van der Waals surface area contributed by atoms with Gasteiger partial charge in [0.2, 0.25) is 5.91 Å². The molecule has 7 heteroatoms. The molecule has 0 bridgehead atoms. The Morgan fingerprint density at radius 2 is 2.05 bits per heavy atom. The molecule has 0 spiro atoms. The number of amides is 2. The van der Waals surface area contributed by atoms with E-state index < -0.39 is 29.7 Å². The first-order valence-electron chi connectivity index (χ1n) is 7.18. The van der Waals surface area contributed by atoms with Crippen molar-refractivity contribution < 1.29 is 23.9 Å². The maximum absolute atomic E-state index is 12.1. The molecule has 3 atom stereocenters. The minimum Gasteiger partial charge on any atom is -0.461 e. The van der Waals surface area contributed by atoms with E-state index in [2.05, 4.69) is 5.32 Å². The quantitative estimate of drug-likeness (QED) is 0.763. The van der Waals surface area contributed by atoms with Crippen molar-refractivity contribution in [2.45, 2.75) is 64.3 Å². The van der Waals surface area contributed by atoms with Crippen molar-refractivity contribution in [1.82, 2.24) is 10.2 Å². The fourth-order valence-electron chi connectivity index (χ4n) is 2.34. The van der Waals surface area contributed by atoms with E-state index in [1.54, 1.807) is 27.7 Å². The second-order valence-electron chi connectivity index (χ2n) is 6.52. The normalized spacial score (nSPS) is 28.7. The van der Waals surface area contributed by atoms with Gasteiger partial charge in [-0.05, 0) is 34.1 Å². The van der Waals surface area contributed by atoms with E-state index >= 15 is 0 Å². The Hall–Kier alpha value is -1.79. The molecule has 0 aromatic carbocycles. The number of carbonyl (C=O) groups is 3. The van der Waals surface area contributed by atoms with E-state index in [9.17, 15) is 14.4 Å². The zero-order valence-corrected chi connectivity index (χ0v) is 12.8. The predicted molar refractivity (Wildman–Crippen MR) is 73.4 cm³/mol. The lowest BCUT2D eigenvalue weighted by Gasteiger charge is -2.40. The second-order valence-corrected chi connectivity index (χ2v) is 6.52. The van der Waals surface area contributed by atoms with Crippen LogP contribution in [0.4, 0.5) is 4.79 Å². The molecule has 21 heavy (non-hydrogen) atoms. The molecule has 7 nitrogen and oxygen atoms in total. The summed E-state index contributed by atoms with van der Waals surface area (Å²) in [7, 11) is 0. The molecule has 0 radical (unpaired) electrons. The Kier molecular flexibility index (Phi) is 4.11. The van der Waals surface area contributed by atoms with Crippen LogP contribution in [-0.2, 0) is 19.1 Å². The monoisotopic (exact) mass is 298 g/mol. The third-order valence-corrected chi connectivity index (χ3v) is 3.44. The molecule has 2 amide bonds. The minimum atomic E-state index is -0.617. The van der Waals surface area contributed by atoms with Gasteiger partial charge in [-0.1, -0.05) is 0 Å². The third-order valence-electron chi connectivity index (χ3n) is 3.44. The van der Waals surface area contributed by atoms with Gasteiger partial charge >= 0.3 is 12.1 Å². The summed E-state index contributed by atoms with van der Waals surface area (Å²) in [6.45, 7) is 7.58. The van der Waals surface area contributed by atoms with Crippen LogP contribution in [0.25, 0.3) is 0 Å². The molecule has 0 saturated carbocycles. The summed E-state index contributed by atoms with van der Waals surface area (Å²) in [4.78, 5) is 37.0. The van der Waals surface area contributed by atoms with E-state index in [1.165, 1.54) is 4.90 Å². The Labute approximate surface area is 123 Å². The van der Waals surface area contributed by atoms with Crippen LogP contribution in [0.1, 0.15) is 40.5 Å². The number of esters is 1. The predicted octanol–water partition coefficient (Wildman–Crippen LogP) is 0.816. The Balaban J connectivity index is 1.89. The SMILES string of the molecule is C[C@@H]1C[C@H](NC(=O)[C@H]2CCN2C(=O)OC(C)(C)C)C(=O)O1. The molecule has 2 aliphatic heterocycles. The molecule has 118 valence electrons. The summed E-state index contributed by atoms with van der Waals surface area (Å²) >= 11 is 0. The molecule has 0 aliphatic carbocycles. The summed E-state index contributed by atoms with van der Waals surface area (Å²) < 4.78 is 10.2. The first kappa shape index (κ1) is 15.6. The molecule has 2 heterocycles. The summed E-state index contributed by atoms with van der Waals surface area (Å²) in [5.41, 5.74) is -0.599. The van der Waals surface area contributed by atoms with Gasteiger partial charge in [-0.3, -0.25) is 9.69 Å². The number of nitrogens with one attached hydrogen (secondary N) is 1. The highest BCUT2D eigenvalue weighted by molar-refractivity contribution is 5.91. The van der Waals surface area contributed by atoms with Gasteiger partial charge in [0, 0.05) is 13.0 Å². The highest BCUT2D eigenvalue weighted by Gasteiger charge is 2.42. The molecule has 2 saturated heterocycles. The van der Waals surface area contributed by atoms with Gasteiger partial charge < -0.3 is 14.8 Å². The molecule has 0 unspecified atom stereocenters. The number of carbonyl (C=O) groups excluding carboxylic acids is 3. The molecule has 0 aromatic heterocycles. The Morgan fingerprint density at radius 1 is 1.38 bits per heavy atom. The molecule has 1 N–H and O–H groups in total. The van der Waals surface area contributed by atoms with Crippen LogP contribution in [0, 0.1) is 0 Å². The lowest BCUT2D eigenvalue weighted by molar-refractivity contribution is -0.144. The molecular formula is C14H22N2O5. The number of hydrogen-bond acceptors (Lipinski definition) is 5. The fourth-order valence-corrected chi connectivity index (χ4v) is 2.34. The van der Waals surface area contributed by atoms with Gasteiger partial charge in [0.1, 0.15) is 23.8 Å². The smallest absolute Gasteiger partial charge is 0.410 e. The van der Waals surface area contributed by atoms with Gasteiger partial charge in [-0.25, -0.2) is 9.59 Å². The summed E-state index contributed by atoms with van der Waals surface area (Å²) in [6, 6.07) is -1.18. The van der Waals surface area contributed by atoms with Crippen LogP contribution >= 0.6 is 0 Å². The van der Waals surface area contributed by atoms with E-state index in [4.69, 9.17) is 9.47 Å². The van der Waals surface area contributed by atoms with Crippen LogP contribution < -0.4 is 5.32 Å². The molecule has 0 aromatic rings. The van der Waals surface area contributed by atoms with Crippen molar-refractivity contribution in [3.05, 3.63) is 0 Å². The van der Waals surface area contributed by atoms with E-state index in [-0.39, 0.29) is 12.0 Å². The summed E-state index contributed by atoms with van der Waals surface area (Å²) in [5.74, 6) is -0.748. The molecule has 2 fully saturated rings. The average Bonchev–Trinajstić information content (AvgIpc) is 2.52. The number of nitrogens with zero attached hydrogens (tertiary/aromatic N) is 1. The molecule has 2 rings (SSSR count). The standard InChI is InChI=1S/C14H22N2O5/c1-8-7-9(12(18)20-8)15-11(17)10-5-6-16(10)13(19)21-14(2,3)4/h8-10H,5-7H2,1-4H3,(H,15,17)/t8-,9+,10-/m1/s1. The largest absolute Gasteiger partial charge is 0.461 e. The lowest BCUT2D eigenvalue weighted by Crippen LogP contribution is -2.60. The van der Waals surface area contributed by atoms with E-state index in [1.807, 2.05) is 0 Å². The van der Waals surface area contributed by atoms with Crippen LogP contribution in [-0.4, -0.2) is 53.2 Å². The van der Waals surface area contributed by atoms with Gasteiger partial charge in [0.05, 0.1) is 0 Å². The van der Waals surface area contributed by atoms with Crippen LogP contribution in [0.3, 0.4) is 0 Å². The number of hydrogen-bond donors (Lipinski definition) is 1. The number of rotatable bonds is 2.